The third-order valence-electron chi connectivity index (χ3n) is 3.46. The molecule has 2 rings (SSSR count). The zero-order chi connectivity index (χ0) is 9.97. The highest BCUT2D eigenvalue weighted by Gasteiger charge is 2.29. The summed E-state index contributed by atoms with van der Waals surface area (Å²) >= 11 is 0. The van der Waals surface area contributed by atoms with Crippen LogP contribution in [0.5, 0.6) is 0 Å². The Kier molecular flexibility index (Phi) is 3.06. The maximum atomic E-state index is 12.0. The van der Waals surface area contributed by atoms with Crippen LogP contribution >= 0.6 is 0 Å². The van der Waals surface area contributed by atoms with Gasteiger partial charge in [-0.2, -0.15) is 0 Å². The molecule has 14 heavy (non-hydrogen) atoms. The summed E-state index contributed by atoms with van der Waals surface area (Å²) < 4.78 is 0. The minimum atomic E-state index is -0.155. The number of aliphatic hydroxyl groups excluding tert-OH is 1. The van der Waals surface area contributed by atoms with E-state index in [9.17, 15) is 9.90 Å². The van der Waals surface area contributed by atoms with Crippen LogP contribution in [0.1, 0.15) is 38.5 Å². The molecule has 1 N–H and O–H groups in total. The first kappa shape index (κ1) is 9.97. The number of hydrogen-bond donors (Lipinski definition) is 1. The number of carbonyl (C=O) groups excluding carboxylic acids is 1. The molecule has 2 fully saturated rings. The molecule has 0 atom stereocenters. The SMILES string of the molecule is O=C(C1CCC(O)CC1)N1CCCC1. The molecule has 1 aliphatic heterocycles. The number of aliphatic hydroxyl groups is 1. The summed E-state index contributed by atoms with van der Waals surface area (Å²) in [7, 11) is 0. The van der Waals surface area contributed by atoms with E-state index in [0.717, 1.165) is 38.8 Å². The molecule has 1 aliphatic carbocycles. The lowest BCUT2D eigenvalue weighted by molar-refractivity contribution is -0.136. The first-order valence-corrected chi connectivity index (χ1v) is 5.74. The van der Waals surface area contributed by atoms with Gasteiger partial charge in [-0.05, 0) is 38.5 Å². The Morgan fingerprint density at radius 3 is 2.21 bits per heavy atom. The standard InChI is InChI=1S/C11H19NO2/c13-10-5-3-9(4-6-10)11(14)12-7-1-2-8-12/h9-10,13H,1-8H2. The van der Waals surface area contributed by atoms with E-state index in [1.165, 1.54) is 12.8 Å². The van der Waals surface area contributed by atoms with Crippen LogP contribution in [0.3, 0.4) is 0 Å². The number of nitrogens with zero attached hydrogens (tertiary/aromatic N) is 1. The molecule has 80 valence electrons. The van der Waals surface area contributed by atoms with Crippen molar-refractivity contribution in [3.05, 3.63) is 0 Å². The van der Waals surface area contributed by atoms with Crippen molar-refractivity contribution in [1.82, 2.24) is 4.90 Å². The monoisotopic (exact) mass is 197 g/mol. The number of carbonyl (C=O) groups is 1. The summed E-state index contributed by atoms with van der Waals surface area (Å²) in [6.07, 6.45) is 5.57. The lowest BCUT2D eigenvalue weighted by Gasteiger charge is -2.28. The predicted molar refractivity (Wildman–Crippen MR) is 53.8 cm³/mol. The lowest BCUT2D eigenvalue weighted by atomic mass is 9.86. The van der Waals surface area contributed by atoms with Gasteiger partial charge in [0.25, 0.3) is 0 Å². The smallest absolute Gasteiger partial charge is 0.225 e. The van der Waals surface area contributed by atoms with Crippen LogP contribution in [0.4, 0.5) is 0 Å². The highest BCUT2D eigenvalue weighted by Crippen LogP contribution is 2.26. The number of likely N-dealkylation sites (tertiary alicyclic amines) is 1. The Morgan fingerprint density at radius 2 is 1.64 bits per heavy atom. The van der Waals surface area contributed by atoms with E-state index in [1.807, 2.05) is 4.90 Å². The molecule has 1 amide bonds. The van der Waals surface area contributed by atoms with Crippen LogP contribution in [0.2, 0.25) is 0 Å². The maximum absolute atomic E-state index is 12.0. The molecule has 2 aliphatic rings. The van der Waals surface area contributed by atoms with Gasteiger partial charge in [-0.3, -0.25) is 4.79 Å². The van der Waals surface area contributed by atoms with Crippen LogP contribution < -0.4 is 0 Å². The minimum Gasteiger partial charge on any atom is -0.393 e. The number of amides is 1. The second-order valence-electron chi connectivity index (χ2n) is 4.54. The summed E-state index contributed by atoms with van der Waals surface area (Å²) in [5.41, 5.74) is 0. The third-order valence-corrected chi connectivity index (χ3v) is 3.46. The van der Waals surface area contributed by atoms with Crippen molar-refractivity contribution in [1.29, 1.82) is 0 Å². The molecule has 0 spiro atoms. The van der Waals surface area contributed by atoms with Crippen molar-refractivity contribution in [2.24, 2.45) is 5.92 Å². The summed E-state index contributed by atoms with van der Waals surface area (Å²) in [6.45, 7) is 1.91. The minimum absolute atomic E-state index is 0.155. The molecule has 0 aromatic heterocycles. The van der Waals surface area contributed by atoms with Crippen molar-refractivity contribution >= 4 is 5.91 Å². The van der Waals surface area contributed by atoms with Gasteiger partial charge in [0.2, 0.25) is 5.91 Å². The van der Waals surface area contributed by atoms with E-state index < -0.39 is 0 Å². The molecule has 0 radical (unpaired) electrons. The Labute approximate surface area is 85.1 Å². The first-order valence-electron chi connectivity index (χ1n) is 5.74. The van der Waals surface area contributed by atoms with E-state index in [1.54, 1.807) is 0 Å². The number of rotatable bonds is 1. The summed E-state index contributed by atoms with van der Waals surface area (Å²) in [4.78, 5) is 14.0. The van der Waals surface area contributed by atoms with Gasteiger partial charge in [0.15, 0.2) is 0 Å². The van der Waals surface area contributed by atoms with Gasteiger partial charge in [-0.25, -0.2) is 0 Å². The van der Waals surface area contributed by atoms with Gasteiger partial charge in [0, 0.05) is 19.0 Å². The molecular weight excluding hydrogens is 178 g/mol. The summed E-state index contributed by atoms with van der Waals surface area (Å²) in [5, 5.41) is 9.35. The zero-order valence-electron chi connectivity index (χ0n) is 8.61. The molecular formula is C11H19NO2. The molecule has 0 aromatic rings. The van der Waals surface area contributed by atoms with E-state index in [4.69, 9.17) is 0 Å². The second kappa shape index (κ2) is 4.30. The van der Waals surface area contributed by atoms with Gasteiger partial charge >= 0.3 is 0 Å². The summed E-state index contributed by atoms with van der Waals surface area (Å²) in [6, 6.07) is 0. The van der Waals surface area contributed by atoms with Crippen LogP contribution in [-0.4, -0.2) is 35.1 Å². The molecule has 0 bridgehead atoms. The van der Waals surface area contributed by atoms with Crippen LogP contribution in [0, 0.1) is 5.92 Å². The quantitative estimate of drug-likeness (QED) is 0.685. The molecule has 3 nitrogen and oxygen atoms in total. The Bertz CT molecular complexity index is 203. The summed E-state index contributed by atoms with van der Waals surface area (Å²) in [5.74, 6) is 0.547. The third kappa shape index (κ3) is 2.08. The van der Waals surface area contributed by atoms with Crippen molar-refractivity contribution in [2.75, 3.05) is 13.1 Å². The normalized spacial score (nSPS) is 33.4. The topological polar surface area (TPSA) is 40.5 Å². The molecule has 3 heteroatoms. The molecule has 1 saturated heterocycles. The van der Waals surface area contributed by atoms with Crippen molar-refractivity contribution in [3.8, 4) is 0 Å². The molecule has 0 unspecified atom stereocenters. The fraction of sp³-hybridized carbons (Fsp3) is 0.909. The largest absolute Gasteiger partial charge is 0.393 e. The maximum Gasteiger partial charge on any atom is 0.225 e. The van der Waals surface area contributed by atoms with E-state index in [0.29, 0.717) is 5.91 Å². The van der Waals surface area contributed by atoms with Gasteiger partial charge in [0.1, 0.15) is 0 Å². The van der Waals surface area contributed by atoms with Crippen LogP contribution in [0.15, 0.2) is 0 Å². The average Bonchev–Trinajstić information content (AvgIpc) is 2.71. The Balaban J connectivity index is 1.85. The van der Waals surface area contributed by atoms with Gasteiger partial charge in [-0.15, -0.1) is 0 Å². The zero-order valence-corrected chi connectivity index (χ0v) is 8.61. The fourth-order valence-corrected chi connectivity index (χ4v) is 2.52. The van der Waals surface area contributed by atoms with Crippen molar-refractivity contribution in [2.45, 2.75) is 44.6 Å². The second-order valence-corrected chi connectivity index (χ2v) is 4.54. The predicted octanol–water partition coefficient (Wildman–Crippen LogP) is 1.16. The lowest BCUT2D eigenvalue weighted by Crippen LogP contribution is -2.36. The Hall–Kier alpha value is -0.570. The molecule has 1 saturated carbocycles. The van der Waals surface area contributed by atoms with Crippen LogP contribution in [0.25, 0.3) is 0 Å². The van der Waals surface area contributed by atoms with E-state index in [-0.39, 0.29) is 12.0 Å². The van der Waals surface area contributed by atoms with Gasteiger partial charge in [-0.1, -0.05) is 0 Å². The highest BCUT2D eigenvalue weighted by atomic mass is 16.3. The van der Waals surface area contributed by atoms with Gasteiger partial charge < -0.3 is 10.0 Å². The fourth-order valence-electron chi connectivity index (χ4n) is 2.52. The van der Waals surface area contributed by atoms with Crippen molar-refractivity contribution < 1.29 is 9.90 Å². The van der Waals surface area contributed by atoms with Gasteiger partial charge in [0.05, 0.1) is 6.10 Å². The van der Waals surface area contributed by atoms with Crippen LogP contribution in [-0.2, 0) is 4.79 Å². The Morgan fingerprint density at radius 1 is 1.07 bits per heavy atom. The highest BCUT2D eigenvalue weighted by molar-refractivity contribution is 5.79. The van der Waals surface area contributed by atoms with E-state index in [2.05, 4.69) is 0 Å². The molecule has 1 heterocycles. The average molecular weight is 197 g/mol. The van der Waals surface area contributed by atoms with Crippen molar-refractivity contribution in [3.63, 3.8) is 0 Å². The molecule has 0 aromatic carbocycles. The first-order chi connectivity index (χ1) is 6.77. The number of hydrogen-bond acceptors (Lipinski definition) is 2. The van der Waals surface area contributed by atoms with E-state index >= 15 is 0 Å².